The van der Waals surface area contributed by atoms with Crippen molar-refractivity contribution in [3.8, 4) is 0 Å². The van der Waals surface area contributed by atoms with Crippen molar-refractivity contribution in [2.45, 2.75) is 11.7 Å². The van der Waals surface area contributed by atoms with Crippen molar-refractivity contribution in [2.75, 3.05) is 59.2 Å². The number of ether oxygens (including phenoxy) is 2. The number of nitrogens with zero attached hydrogens (tertiary/aromatic N) is 3. The number of morpholine rings is 2. The third-order valence-electron chi connectivity index (χ3n) is 4.20. The van der Waals surface area contributed by atoms with Gasteiger partial charge in [0, 0.05) is 26.2 Å². The van der Waals surface area contributed by atoms with E-state index in [1.165, 1.54) is 0 Å². The Labute approximate surface area is 154 Å². The predicted molar refractivity (Wildman–Crippen MR) is 88.6 cm³/mol. The van der Waals surface area contributed by atoms with E-state index in [0.29, 0.717) is 4.90 Å². The van der Waals surface area contributed by atoms with E-state index in [9.17, 15) is 27.9 Å². The summed E-state index contributed by atoms with van der Waals surface area (Å²) >= 11 is 5.23. The number of alkyl halides is 3. The average Bonchev–Trinajstić information content (AvgIpc) is 2.62. The van der Waals surface area contributed by atoms with E-state index in [4.69, 9.17) is 21.3 Å². The molecule has 13 heteroatoms. The Kier molecular flexibility index (Phi) is 7.28. The molecule has 1 atom stereocenters. The van der Waals surface area contributed by atoms with E-state index in [-0.39, 0.29) is 52.6 Å². The number of carbonyl (C=O) groups excluding carboxylic acids is 1. The minimum absolute atomic E-state index is 0.238. The van der Waals surface area contributed by atoms with Crippen LogP contribution in [0.2, 0.25) is 0 Å². The van der Waals surface area contributed by atoms with Crippen molar-refractivity contribution in [1.82, 2.24) is 14.7 Å². The van der Waals surface area contributed by atoms with Crippen LogP contribution in [0.5, 0.6) is 0 Å². The summed E-state index contributed by atoms with van der Waals surface area (Å²) in [6.45, 7) is 0.881. The monoisotopic (exact) mass is 418 g/mol. The third-order valence-corrected chi connectivity index (χ3v) is 6.20. The number of halogens is 3. The van der Waals surface area contributed by atoms with Crippen LogP contribution in [-0.4, -0.2) is 103 Å². The Hall–Kier alpha value is -0.910. The van der Waals surface area contributed by atoms with Gasteiger partial charge in [0.1, 0.15) is 6.54 Å². The molecule has 1 amide bonds. The normalized spacial score (nSPS) is 20.9. The number of carboxylic acids is 1. The zero-order valence-corrected chi connectivity index (χ0v) is 15.6. The zero-order chi connectivity index (χ0) is 19.4. The van der Waals surface area contributed by atoms with Gasteiger partial charge in [-0.1, -0.05) is 0 Å². The van der Waals surface area contributed by atoms with Crippen LogP contribution in [0, 0.1) is 0 Å². The first kappa shape index (κ1) is 21.4. The highest BCUT2D eigenvalue weighted by molar-refractivity contribution is 7.97. The van der Waals surface area contributed by atoms with E-state index in [1.807, 2.05) is 0 Å². The number of carbonyl (C=O) groups is 2. The second-order valence-corrected chi connectivity index (χ2v) is 7.21. The maximum atomic E-state index is 13.2. The molecule has 0 aliphatic carbocycles. The van der Waals surface area contributed by atoms with Gasteiger partial charge in [0.2, 0.25) is 7.36 Å². The molecule has 2 rings (SSSR count). The first-order valence-electron chi connectivity index (χ1n) is 7.89. The van der Waals surface area contributed by atoms with Crippen LogP contribution < -0.4 is 0 Å². The molecular formula is C13H20F3N3O5PS+. The number of amides is 1. The Bertz CT molecular complexity index is 524. The number of rotatable bonds is 6. The summed E-state index contributed by atoms with van der Waals surface area (Å²) in [5.74, 6) is -3.75. The van der Waals surface area contributed by atoms with E-state index in [2.05, 4.69) is 0 Å². The third kappa shape index (κ3) is 4.49. The van der Waals surface area contributed by atoms with Gasteiger partial charge in [-0.25, -0.2) is 9.80 Å². The van der Waals surface area contributed by atoms with Crippen LogP contribution in [0.15, 0.2) is 0 Å². The minimum Gasteiger partial charge on any atom is -0.480 e. The molecular weight excluding hydrogens is 398 g/mol. The second-order valence-electron chi connectivity index (χ2n) is 5.72. The molecule has 1 unspecified atom stereocenters. The molecule has 2 heterocycles. The van der Waals surface area contributed by atoms with Crippen molar-refractivity contribution in [2.24, 2.45) is 0 Å². The molecule has 0 aromatic heterocycles. The summed E-state index contributed by atoms with van der Waals surface area (Å²) in [6.07, 6.45) is -5.21. The van der Waals surface area contributed by atoms with Crippen molar-refractivity contribution in [3.05, 3.63) is 0 Å². The average molecular weight is 418 g/mol. The molecule has 0 radical (unpaired) electrons. The molecule has 2 fully saturated rings. The fourth-order valence-corrected chi connectivity index (χ4v) is 5.19. The summed E-state index contributed by atoms with van der Waals surface area (Å²) in [5.41, 5.74) is -1.66. The summed E-state index contributed by atoms with van der Waals surface area (Å²) < 4.78 is 50.3. The van der Waals surface area contributed by atoms with Crippen molar-refractivity contribution >= 4 is 31.0 Å². The molecule has 8 nitrogen and oxygen atoms in total. The Balaban J connectivity index is 2.53. The maximum absolute atomic E-state index is 13.2. The maximum Gasteiger partial charge on any atom is 0.471 e. The van der Waals surface area contributed by atoms with Gasteiger partial charge in [-0.2, -0.15) is 13.2 Å². The van der Waals surface area contributed by atoms with Gasteiger partial charge >= 0.3 is 23.6 Å². The highest BCUT2D eigenvalue weighted by Gasteiger charge is 2.61. The number of hydrogen-bond acceptors (Lipinski definition) is 7. The standard InChI is InChI=1S/C13H19F3N3O5PS/c14-12(15,16)11(22)19(9-10(20)21)13(25-26,17-1-5-23-6-2-17)18-3-7-24-8-4-18/h1-9H2,(H,20,21)/p+1. The Morgan fingerprint density at radius 2 is 1.46 bits per heavy atom. The summed E-state index contributed by atoms with van der Waals surface area (Å²) in [4.78, 5) is 27.1. The fourth-order valence-electron chi connectivity index (χ4n) is 3.09. The predicted octanol–water partition coefficient (Wildman–Crippen LogP) is -0.122. The van der Waals surface area contributed by atoms with Gasteiger partial charge in [-0.3, -0.25) is 14.5 Å². The lowest BCUT2D eigenvalue weighted by atomic mass is 10.3. The van der Waals surface area contributed by atoms with Crippen LogP contribution >= 0.6 is 7.36 Å². The van der Waals surface area contributed by atoms with E-state index in [0.717, 1.165) is 0 Å². The molecule has 0 spiro atoms. The van der Waals surface area contributed by atoms with Crippen LogP contribution in [0.25, 0.3) is 0 Å². The molecule has 2 aliphatic heterocycles. The lowest BCUT2D eigenvalue weighted by Gasteiger charge is -2.49. The van der Waals surface area contributed by atoms with Crippen molar-refractivity contribution < 1.29 is 37.3 Å². The van der Waals surface area contributed by atoms with Crippen molar-refractivity contribution in [3.63, 3.8) is 0 Å². The molecule has 0 aromatic rings. The zero-order valence-electron chi connectivity index (χ0n) is 13.8. The van der Waals surface area contributed by atoms with Gasteiger partial charge < -0.3 is 14.6 Å². The number of hydrogen-bond donors (Lipinski definition) is 1. The van der Waals surface area contributed by atoms with Gasteiger partial charge in [0.05, 0.1) is 26.4 Å². The number of aliphatic carboxylic acids is 1. The molecule has 26 heavy (non-hydrogen) atoms. The molecule has 0 bridgehead atoms. The number of carboxylic acid groups (broad SMARTS) is 1. The topological polar surface area (TPSA) is 82.5 Å². The lowest BCUT2D eigenvalue weighted by Crippen LogP contribution is -2.72. The highest BCUT2D eigenvalue weighted by atomic mass is 32.4. The van der Waals surface area contributed by atoms with Gasteiger partial charge in [0.15, 0.2) is 11.8 Å². The molecule has 0 saturated carbocycles. The van der Waals surface area contributed by atoms with E-state index in [1.54, 1.807) is 9.80 Å². The molecule has 148 valence electrons. The summed E-state index contributed by atoms with van der Waals surface area (Å²) in [7, 11) is -0.602. The second kappa shape index (κ2) is 8.85. The van der Waals surface area contributed by atoms with Crippen molar-refractivity contribution in [1.29, 1.82) is 0 Å². The van der Waals surface area contributed by atoms with Crippen LogP contribution in [-0.2, 0) is 30.9 Å². The Morgan fingerprint density at radius 3 is 1.77 bits per heavy atom. The van der Waals surface area contributed by atoms with Gasteiger partial charge in [-0.15, -0.1) is 0 Å². The first-order valence-corrected chi connectivity index (χ1v) is 10.0. The molecule has 1 N–H and O–H groups in total. The van der Waals surface area contributed by atoms with Gasteiger partial charge in [0.25, 0.3) is 0 Å². The molecule has 0 aromatic carbocycles. The fraction of sp³-hybridized carbons (Fsp3) is 0.846. The lowest BCUT2D eigenvalue weighted by molar-refractivity contribution is -0.212. The van der Waals surface area contributed by atoms with Gasteiger partial charge in [-0.05, 0) is 0 Å². The smallest absolute Gasteiger partial charge is 0.471 e. The molecule has 2 aliphatic rings. The quantitative estimate of drug-likeness (QED) is 0.598. The van der Waals surface area contributed by atoms with E-state index < -0.39 is 37.5 Å². The summed E-state index contributed by atoms with van der Waals surface area (Å²) in [6, 6.07) is 0. The van der Waals surface area contributed by atoms with E-state index >= 15 is 0 Å². The SMILES string of the molecule is O=C(O)CN(C(=O)C(F)(F)F)C([PH+]=S)(N1CCOCC1)N1CCOCC1. The van der Waals surface area contributed by atoms with Crippen LogP contribution in [0.4, 0.5) is 13.2 Å². The first-order chi connectivity index (χ1) is 12.2. The summed E-state index contributed by atoms with van der Waals surface area (Å²) in [5, 5.41) is 9.18. The van der Waals surface area contributed by atoms with Crippen LogP contribution in [0.3, 0.4) is 0 Å². The Morgan fingerprint density at radius 1 is 1.04 bits per heavy atom. The minimum atomic E-state index is -5.21. The highest BCUT2D eigenvalue weighted by Crippen LogP contribution is 2.39. The van der Waals surface area contributed by atoms with Crippen LogP contribution in [0.1, 0.15) is 0 Å². The largest absolute Gasteiger partial charge is 0.480 e. The molecule has 2 saturated heterocycles.